The van der Waals surface area contributed by atoms with Crippen LogP contribution in [-0.2, 0) is 9.63 Å². The number of oxime groups is 1. The van der Waals surface area contributed by atoms with E-state index in [4.69, 9.17) is 10.6 Å². The molecule has 2 rings (SSSR count). The zero-order valence-corrected chi connectivity index (χ0v) is 11.7. The summed E-state index contributed by atoms with van der Waals surface area (Å²) in [5.41, 5.74) is 5.96. The van der Waals surface area contributed by atoms with Gasteiger partial charge in [-0.25, -0.2) is 13.2 Å². The number of anilines is 1. The van der Waals surface area contributed by atoms with Gasteiger partial charge in [-0.3, -0.25) is 4.79 Å². The van der Waals surface area contributed by atoms with Crippen molar-refractivity contribution in [1.82, 2.24) is 0 Å². The zero-order valence-electron chi connectivity index (χ0n) is 11.7. The Labute approximate surface area is 129 Å². The number of hydrogen-bond acceptors (Lipinski definition) is 3. The van der Waals surface area contributed by atoms with Gasteiger partial charge in [0.15, 0.2) is 12.4 Å². The molecule has 0 saturated carbocycles. The van der Waals surface area contributed by atoms with Gasteiger partial charge in [-0.2, -0.15) is 0 Å². The summed E-state index contributed by atoms with van der Waals surface area (Å²) >= 11 is 0. The van der Waals surface area contributed by atoms with Crippen molar-refractivity contribution >= 4 is 17.4 Å². The summed E-state index contributed by atoms with van der Waals surface area (Å²) in [6.45, 7) is -0.514. The summed E-state index contributed by atoms with van der Waals surface area (Å²) in [5.74, 6) is -2.79. The van der Waals surface area contributed by atoms with E-state index in [0.717, 1.165) is 12.1 Å². The lowest BCUT2D eigenvalue weighted by molar-refractivity contribution is -0.120. The number of nitrogens with zero attached hydrogens (tertiary/aromatic N) is 1. The molecule has 0 radical (unpaired) electrons. The Morgan fingerprint density at radius 3 is 2.26 bits per heavy atom. The number of amides is 1. The highest BCUT2D eigenvalue weighted by Gasteiger charge is 2.06. The smallest absolute Gasteiger partial charge is 0.265 e. The molecule has 8 heteroatoms. The second-order valence-electron chi connectivity index (χ2n) is 4.46. The minimum atomic E-state index is -0.820. The van der Waals surface area contributed by atoms with E-state index in [9.17, 15) is 18.0 Å². The molecule has 0 aliphatic carbocycles. The SMILES string of the molecule is N/C(=N\OCC(=O)Nc1cc(F)cc(F)c1)c1ccc(F)cc1. The van der Waals surface area contributed by atoms with E-state index in [1.807, 2.05) is 0 Å². The maximum absolute atomic E-state index is 13.0. The summed E-state index contributed by atoms with van der Waals surface area (Å²) in [6, 6.07) is 7.78. The number of amidine groups is 1. The van der Waals surface area contributed by atoms with E-state index in [1.165, 1.54) is 24.3 Å². The number of hydrogen-bond donors (Lipinski definition) is 2. The van der Waals surface area contributed by atoms with Crippen molar-refractivity contribution in [2.24, 2.45) is 10.9 Å². The van der Waals surface area contributed by atoms with Gasteiger partial charge in [-0.15, -0.1) is 0 Å². The molecule has 3 N–H and O–H groups in total. The van der Waals surface area contributed by atoms with Crippen LogP contribution in [0.2, 0.25) is 0 Å². The molecule has 23 heavy (non-hydrogen) atoms. The van der Waals surface area contributed by atoms with Crippen LogP contribution in [0.25, 0.3) is 0 Å². The molecule has 0 bridgehead atoms. The highest BCUT2D eigenvalue weighted by atomic mass is 19.1. The van der Waals surface area contributed by atoms with E-state index >= 15 is 0 Å². The third-order valence-electron chi connectivity index (χ3n) is 2.64. The van der Waals surface area contributed by atoms with Crippen molar-refractivity contribution < 1.29 is 22.8 Å². The molecule has 2 aromatic rings. The lowest BCUT2D eigenvalue weighted by atomic mass is 10.2. The molecule has 0 aliphatic heterocycles. The molecular formula is C15H12F3N3O2. The average Bonchev–Trinajstić information content (AvgIpc) is 2.46. The third-order valence-corrected chi connectivity index (χ3v) is 2.64. The molecule has 2 aromatic carbocycles. The summed E-state index contributed by atoms with van der Waals surface area (Å²) < 4.78 is 38.7. The van der Waals surface area contributed by atoms with Crippen LogP contribution in [-0.4, -0.2) is 18.3 Å². The molecule has 0 fully saturated rings. The average molecular weight is 323 g/mol. The molecular weight excluding hydrogens is 311 g/mol. The van der Waals surface area contributed by atoms with Gasteiger partial charge in [0, 0.05) is 17.3 Å². The number of halogens is 3. The minimum absolute atomic E-state index is 0.0467. The number of benzene rings is 2. The second-order valence-corrected chi connectivity index (χ2v) is 4.46. The summed E-state index contributed by atoms with van der Waals surface area (Å²) in [7, 11) is 0. The standard InChI is InChI=1S/C15H12F3N3O2/c16-10-3-1-9(2-4-10)15(19)21-23-8-14(22)20-13-6-11(17)5-12(18)7-13/h1-7H,8H2,(H2,19,21)(H,20,22). The number of rotatable bonds is 5. The maximum atomic E-state index is 13.0. The van der Waals surface area contributed by atoms with Gasteiger partial charge in [0.1, 0.15) is 17.5 Å². The molecule has 0 saturated heterocycles. The van der Waals surface area contributed by atoms with Crippen molar-refractivity contribution in [3.63, 3.8) is 0 Å². The highest BCUT2D eigenvalue weighted by molar-refractivity contribution is 5.97. The molecule has 0 aromatic heterocycles. The molecule has 120 valence electrons. The van der Waals surface area contributed by atoms with Crippen LogP contribution in [0.5, 0.6) is 0 Å². The van der Waals surface area contributed by atoms with E-state index in [1.54, 1.807) is 0 Å². The number of carbonyl (C=O) groups excluding carboxylic acids is 1. The Hall–Kier alpha value is -3.03. The van der Waals surface area contributed by atoms with Crippen LogP contribution < -0.4 is 11.1 Å². The Morgan fingerprint density at radius 2 is 1.65 bits per heavy atom. The molecule has 5 nitrogen and oxygen atoms in total. The fraction of sp³-hybridized carbons (Fsp3) is 0.0667. The van der Waals surface area contributed by atoms with Crippen molar-refractivity contribution in [2.75, 3.05) is 11.9 Å². The topological polar surface area (TPSA) is 76.7 Å². The number of nitrogens with one attached hydrogen (secondary N) is 1. The Balaban J connectivity index is 1.88. The van der Waals surface area contributed by atoms with Gasteiger partial charge < -0.3 is 15.9 Å². The van der Waals surface area contributed by atoms with Crippen LogP contribution in [0.15, 0.2) is 47.6 Å². The Morgan fingerprint density at radius 1 is 1.04 bits per heavy atom. The highest BCUT2D eigenvalue weighted by Crippen LogP contribution is 2.12. The summed E-state index contributed by atoms with van der Waals surface area (Å²) in [5, 5.41) is 5.74. The molecule has 0 unspecified atom stereocenters. The fourth-order valence-electron chi connectivity index (χ4n) is 1.66. The van der Waals surface area contributed by atoms with E-state index in [2.05, 4.69) is 10.5 Å². The Bertz CT molecular complexity index is 713. The predicted octanol–water partition coefficient (Wildman–Crippen LogP) is 2.38. The van der Waals surface area contributed by atoms with Crippen LogP contribution in [0.4, 0.5) is 18.9 Å². The van der Waals surface area contributed by atoms with Gasteiger partial charge in [0.2, 0.25) is 0 Å². The number of carbonyl (C=O) groups is 1. The lowest BCUT2D eigenvalue weighted by Gasteiger charge is -2.05. The van der Waals surface area contributed by atoms with Gasteiger partial charge in [0.05, 0.1) is 0 Å². The maximum Gasteiger partial charge on any atom is 0.265 e. The first-order chi connectivity index (χ1) is 10.9. The van der Waals surface area contributed by atoms with Crippen molar-refractivity contribution in [1.29, 1.82) is 0 Å². The van der Waals surface area contributed by atoms with Gasteiger partial charge in [-0.05, 0) is 36.4 Å². The van der Waals surface area contributed by atoms with Crippen LogP contribution in [0.3, 0.4) is 0 Å². The normalized spacial score (nSPS) is 11.2. The third kappa shape index (κ3) is 5.03. The first-order valence-corrected chi connectivity index (χ1v) is 6.41. The van der Waals surface area contributed by atoms with E-state index in [0.29, 0.717) is 11.6 Å². The fourth-order valence-corrected chi connectivity index (χ4v) is 1.66. The zero-order chi connectivity index (χ0) is 16.8. The minimum Gasteiger partial charge on any atom is -0.384 e. The van der Waals surface area contributed by atoms with Gasteiger partial charge >= 0.3 is 0 Å². The lowest BCUT2D eigenvalue weighted by Crippen LogP contribution is -2.19. The van der Waals surface area contributed by atoms with Crippen molar-refractivity contribution in [3.05, 3.63) is 65.5 Å². The van der Waals surface area contributed by atoms with Crippen LogP contribution in [0, 0.1) is 17.5 Å². The summed E-state index contributed by atoms with van der Waals surface area (Å²) in [6.07, 6.45) is 0. The monoisotopic (exact) mass is 323 g/mol. The molecule has 0 heterocycles. The van der Waals surface area contributed by atoms with Crippen LogP contribution in [0.1, 0.15) is 5.56 Å². The van der Waals surface area contributed by atoms with Gasteiger partial charge in [0.25, 0.3) is 5.91 Å². The summed E-state index contributed by atoms with van der Waals surface area (Å²) in [4.78, 5) is 16.3. The Kier molecular flexibility index (Phi) is 5.19. The van der Waals surface area contributed by atoms with Crippen LogP contribution >= 0.6 is 0 Å². The van der Waals surface area contributed by atoms with E-state index in [-0.39, 0.29) is 11.5 Å². The second kappa shape index (κ2) is 7.30. The van der Waals surface area contributed by atoms with E-state index < -0.39 is 30.0 Å². The van der Waals surface area contributed by atoms with Gasteiger partial charge in [-0.1, -0.05) is 5.16 Å². The number of nitrogens with two attached hydrogens (primary N) is 1. The molecule has 0 atom stereocenters. The van der Waals surface area contributed by atoms with Crippen molar-refractivity contribution in [2.45, 2.75) is 0 Å². The molecule has 1 amide bonds. The quantitative estimate of drug-likeness (QED) is 0.504. The predicted molar refractivity (Wildman–Crippen MR) is 78.1 cm³/mol. The van der Waals surface area contributed by atoms with Crippen molar-refractivity contribution in [3.8, 4) is 0 Å². The first-order valence-electron chi connectivity index (χ1n) is 6.41. The first kappa shape index (κ1) is 16.3. The molecule has 0 spiro atoms. The molecule has 0 aliphatic rings. The largest absolute Gasteiger partial charge is 0.384 e.